The molecule has 0 spiro atoms. The largest absolute Gasteiger partial charge is 0.358 e. The SMILES string of the molecule is CSCc1cc2ccccc2[nH]1. The maximum absolute atomic E-state index is 3.38. The highest BCUT2D eigenvalue weighted by atomic mass is 32.2. The van der Waals surface area contributed by atoms with Crippen molar-refractivity contribution in [2.45, 2.75) is 5.75 Å². The second kappa shape index (κ2) is 3.23. The third-order valence-electron chi connectivity index (χ3n) is 1.89. The van der Waals surface area contributed by atoms with E-state index >= 15 is 0 Å². The summed E-state index contributed by atoms with van der Waals surface area (Å²) in [6.07, 6.45) is 2.12. The molecule has 2 heteroatoms. The van der Waals surface area contributed by atoms with Gasteiger partial charge in [-0.25, -0.2) is 0 Å². The molecule has 2 aromatic rings. The molecule has 0 unspecified atom stereocenters. The van der Waals surface area contributed by atoms with Gasteiger partial charge in [0.15, 0.2) is 0 Å². The van der Waals surface area contributed by atoms with E-state index in [-0.39, 0.29) is 0 Å². The molecule has 0 aliphatic heterocycles. The summed E-state index contributed by atoms with van der Waals surface area (Å²) in [6.45, 7) is 0. The molecule has 1 N–H and O–H groups in total. The van der Waals surface area contributed by atoms with Crippen molar-refractivity contribution in [2.24, 2.45) is 0 Å². The Morgan fingerprint density at radius 3 is 2.92 bits per heavy atom. The van der Waals surface area contributed by atoms with Crippen LogP contribution in [0.5, 0.6) is 0 Å². The quantitative estimate of drug-likeness (QED) is 0.745. The number of para-hydroxylation sites is 1. The zero-order valence-electron chi connectivity index (χ0n) is 7.00. The number of aromatic amines is 1. The monoisotopic (exact) mass is 177 g/mol. The number of fused-ring (bicyclic) bond motifs is 1. The number of nitrogens with one attached hydrogen (secondary N) is 1. The van der Waals surface area contributed by atoms with Gasteiger partial charge in [-0.1, -0.05) is 18.2 Å². The van der Waals surface area contributed by atoms with Gasteiger partial charge in [-0.3, -0.25) is 0 Å². The molecule has 1 nitrogen and oxygen atoms in total. The van der Waals surface area contributed by atoms with Crippen LogP contribution in [0.2, 0.25) is 0 Å². The minimum absolute atomic E-state index is 1.06. The molecule has 0 aliphatic carbocycles. The average Bonchev–Trinajstić information content (AvgIpc) is 2.47. The summed E-state index contributed by atoms with van der Waals surface area (Å²) in [5, 5.41) is 1.31. The van der Waals surface area contributed by atoms with Gasteiger partial charge in [-0.2, -0.15) is 11.8 Å². The van der Waals surface area contributed by atoms with Crippen molar-refractivity contribution in [3.8, 4) is 0 Å². The molecule has 0 bridgehead atoms. The predicted molar refractivity (Wildman–Crippen MR) is 55.5 cm³/mol. The molecule has 1 heterocycles. The Morgan fingerprint density at radius 2 is 2.17 bits per heavy atom. The molecule has 62 valence electrons. The topological polar surface area (TPSA) is 15.8 Å². The van der Waals surface area contributed by atoms with Gasteiger partial charge >= 0.3 is 0 Å². The first kappa shape index (κ1) is 7.74. The van der Waals surface area contributed by atoms with E-state index in [2.05, 4.69) is 41.6 Å². The molecule has 2 rings (SSSR count). The average molecular weight is 177 g/mol. The highest BCUT2D eigenvalue weighted by molar-refractivity contribution is 7.97. The molecule has 0 saturated heterocycles. The van der Waals surface area contributed by atoms with Crippen LogP contribution < -0.4 is 0 Å². The van der Waals surface area contributed by atoms with E-state index in [1.165, 1.54) is 16.6 Å². The van der Waals surface area contributed by atoms with Gasteiger partial charge in [0.2, 0.25) is 0 Å². The summed E-state index contributed by atoms with van der Waals surface area (Å²) in [7, 11) is 0. The zero-order valence-corrected chi connectivity index (χ0v) is 7.82. The third-order valence-corrected chi connectivity index (χ3v) is 2.49. The maximum atomic E-state index is 3.38. The zero-order chi connectivity index (χ0) is 8.39. The second-order valence-electron chi connectivity index (χ2n) is 2.81. The van der Waals surface area contributed by atoms with Crippen molar-refractivity contribution in [2.75, 3.05) is 6.26 Å². The summed E-state index contributed by atoms with van der Waals surface area (Å²) in [6, 6.07) is 10.6. The van der Waals surface area contributed by atoms with Crippen LogP contribution in [0.1, 0.15) is 5.69 Å². The summed E-state index contributed by atoms with van der Waals surface area (Å²) >= 11 is 1.84. The van der Waals surface area contributed by atoms with E-state index < -0.39 is 0 Å². The molecule has 1 aromatic carbocycles. The van der Waals surface area contributed by atoms with E-state index in [4.69, 9.17) is 0 Å². The fourth-order valence-corrected chi connectivity index (χ4v) is 1.83. The van der Waals surface area contributed by atoms with Gasteiger partial charge in [0, 0.05) is 17.0 Å². The van der Waals surface area contributed by atoms with Crippen LogP contribution in [-0.4, -0.2) is 11.2 Å². The van der Waals surface area contributed by atoms with Gasteiger partial charge in [-0.15, -0.1) is 0 Å². The van der Waals surface area contributed by atoms with E-state index in [0.29, 0.717) is 0 Å². The number of H-pyrrole nitrogens is 1. The van der Waals surface area contributed by atoms with Crippen molar-refractivity contribution in [3.05, 3.63) is 36.0 Å². The van der Waals surface area contributed by atoms with Crippen molar-refractivity contribution >= 4 is 22.7 Å². The molecule has 0 amide bonds. The highest BCUT2D eigenvalue weighted by Gasteiger charge is 1.97. The summed E-state index contributed by atoms with van der Waals surface area (Å²) in [5.41, 5.74) is 2.55. The molecule has 0 atom stereocenters. The minimum Gasteiger partial charge on any atom is -0.358 e. The summed E-state index contributed by atoms with van der Waals surface area (Å²) in [5.74, 6) is 1.06. The number of rotatable bonds is 2. The maximum Gasteiger partial charge on any atom is 0.0456 e. The normalized spacial score (nSPS) is 10.8. The van der Waals surface area contributed by atoms with Crippen molar-refractivity contribution in [1.29, 1.82) is 0 Å². The lowest BCUT2D eigenvalue weighted by Crippen LogP contribution is -1.75. The molecule has 0 aliphatic rings. The molecule has 0 fully saturated rings. The molecule has 0 saturated carbocycles. The Balaban J connectivity index is 2.47. The molecular formula is C10H11NS. The Bertz CT molecular complexity index is 345. The van der Waals surface area contributed by atoms with Crippen LogP contribution >= 0.6 is 11.8 Å². The summed E-state index contributed by atoms with van der Waals surface area (Å²) < 4.78 is 0. The Hall–Kier alpha value is -0.890. The first-order chi connectivity index (χ1) is 5.90. The van der Waals surface area contributed by atoms with E-state index in [1.54, 1.807) is 0 Å². The number of hydrogen-bond acceptors (Lipinski definition) is 1. The van der Waals surface area contributed by atoms with Gasteiger partial charge in [0.05, 0.1) is 0 Å². The molecular weight excluding hydrogens is 166 g/mol. The van der Waals surface area contributed by atoms with E-state index in [1.807, 2.05) is 11.8 Å². The Labute approximate surface area is 76.2 Å². The lowest BCUT2D eigenvalue weighted by atomic mass is 10.2. The first-order valence-corrected chi connectivity index (χ1v) is 5.35. The standard InChI is InChI=1S/C10H11NS/c1-12-7-9-6-8-4-2-3-5-10(8)11-9/h2-6,11H,7H2,1H3. The lowest BCUT2D eigenvalue weighted by Gasteiger charge is -1.89. The Morgan fingerprint density at radius 1 is 1.33 bits per heavy atom. The Kier molecular flexibility index (Phi) is 2.09. The van der Waals surface area contributed by atoms with Crippen LogP contribution in [0.25, 0.3) is 10.9 Å². The number of benzene rings is 1. The van der Waals surface area contributed by atoms with Crippen molar-refractivity contribution < 1.29 is 0 Å². The fraction of sp³-hybridized carbons (Fsp3) is 0.200. The van der Waals surface area contributed by atoms with Gasteiger partial charge in [0.25, 0.3) is 0 Å². The predicted octanol–water partition coefficient (Wildman–Crippen LogP) is 3.03. The van der Waals surface area contributed by atoms with Crippen LogP contribution in [0.3, 0.4) is 0 Å². The second-order valence-corrected chi connectivity index (χ2v) is 3.68. The number of thioether (sulfide) groups is 1. The van der Waals surface area contributed by atoms with Crippen LogP contribution in [0.4, 0.5) is 0 Å². The fourth-order valence-electron chi connectivity index (χ4n) is 1.37. The van der Waals surface area contributed by atoms with Gasteiger partial charge < -0.3 is 4.98 Å². The summed E-state index contributed by atoms with van der Waals surface area (Å²) in [4.78, 5) is 3.38. The number of aromatic nitrogens is 1. The smallest absolute Gasteiger partial charge is 0.0456 e. The third kappa shape index (κ3) is 1.34. The first-order valence-electron chi connectivity index (χ1n) is 3.96. The van der Waals surface area contributed by atoms with Crippen LogP contribution in [-0.2, 0) is 5.75 Å². The number of hydrogen-bond donors (Lipinski definition) is 1. The van der Waals surface area contributed by atoms with Crippen molar-refractivity contribution in [3.63, 3.8) is 0 Å². The minimum atomic E-state index is 1.06. The highest BCUT2D eigenvalue weighted by Crippen LogP contribution is 2.17. The molecule has 0 radical (unpaired) electrons. The molecule has 12 heavy (non-hydrogen) atoms. The van der Waals surface area contributed by atoms with Crippen LogP contribution in [0, 0.1) is 0 Å². The molecule has 1 aromatic heterocycles. The van der Waals surface area contributed by atoms with Gasteiger partial charge in [-0.05, 0) is 23.8 Å². The van der Waals surface area contributed by atoms with E-state index in [9.17, 15) is 0 Å². The van der Waals surface area contributed by atoms with Crippen molar-refractivity contribution in [1.82, 2.24) is 4.98 Å². The van der Waals surface area contributed by atoms with E-state index in [0.717, 1.165) is 5.75 Å². The van der Waals surface area contributed by atoms with Crippen LogP contribution in [0.15, 0.2) is 30.3 Å². The lowest BCUT2D eigenvalue weighted by molar-refractivity contribution is 1.27. The van der Waals surface area contributed by atoms with Gasteiger partial charge in [0.1, 0.15) is 0 Å².